The number of hydrogen-bond donors (Lipinski definition) is 1. The van der Waals surface area contributed by atoms with Crippen molar-refractivity contribution >= 4 is 40.1 Å². The quantitative estimate of drug-likeness (QED) is 0.209. The molecule has 29 heavy (non-hydrogen) atoms. The van der Waals surface area contributed by atoms with Gasteiger partial charge in [-0.3, -0.25) is 14.9 Å². The number of ether oxygens (including phenoxy) is 2. The van der Waals surface area contributed by atoms with E-state index in [-0.39, 0.29) is 33.9 Å². The van der Waals surface area contributed by atoms with Gasteiger partial charge in [0.05, 0.1) is 30.8 Å². The number of hydrogen-bond acceptors (Lipinski definition) is 6. The van der Waals surface area contributed by atoms with Gasteiger partial charge in [-0.2, -0.15) is 5.26 Å². The molecular weight excluding hydrogens is 398 g/mol. The van der Waals surface area contributed by atoms with Gasteiger partial charge in [-0.1, -0.05) is 17.7 Å². The molecule has 3 aromatic rings. The zero-order valence-corrected chi connectivity index (χ0v) is 16.1. The molecular formula is C20H14ClN3O5. The van der Waals surface area contributed by atoms with Crippen LogP contribution in [0, 0.1) is 21.4 Å². The number of ketones is 1. The molecule has 1 N–H and O–H groups in total. The van der Waals surface area contributed by atoms with Crippen LogP contribution >= 0.6 is 11.6 Å². The zero-order valence-electron chi connectivity index (χ0n) is 15.4. The van der Waals surface area contributed by atoms with E-state index in [9.17, 15) is 20.2 Å². The first-order valence-corrected chi connectivity index (χ1v) is 8.61. The highest BCUT2D eigenvalue weighted by Gasteiger charge is 2.22. The summed E-state index contributed by atoms with van der Waals surface area (Å²) >= 11 is 5.95. The van der Waals surface area contributed by atoms with Crippen LogP contribution in [0.5, 0.6) is 11.5 Å². The Kier molecular flexibility index (Phi) is 5.52. The van der Waals surface area contributed by atoms with Crippen LogP contribution in [0.1, 0.15) is 15.9 Å². The van der Waals surface area contributed by atoms with E-state index in [1.54, 1.807) is 18.2 Å². The Morgan fingerprint density at radius 3 is 2.55 bits per heavy atom. The Morgan fingerprint density at radius 2 is 1.93 bits per heavy atom. The number of aromatic amines is 1. The molecule has 0 atom stereocenters. The fraction of sp³-hybridized carbons (Fsp3) is 0.100. The van der Waals surface area contributed by atoms with Gasteiger partial charge in [0.2, 0.25) is 5.78 Å². The predicted molar refractivity (Wildman–Crippen MR) is 107 cm³/mol. The number of nitrogens with zero attached hydrogens (tertiary/aromatic N) is 2. The van der Waals surface area contributed by atoms with Crippen molar-refractivity contribution in [3.8, 4) is 17.6 Å². The van der Waals surface area contributed by atoms with Gasteiger partial charge in [0, 0.05) is 27.7 Å². The number of halogens is 1. The van der Waals surface area contributed by atoms with Gasteiger partial charge >= 0.3 is 0 Å². The number of allylic oxidation sites excluding steroid dienone is 1. The summed E-state index contributed by atoms with van der Waals surface area (Å²) in [5.41, 5.74) is 0.341. The number of nitrogens with one attached hydrogen (secondary N) is 1. The van der Waals surface area contributed by atoms with E-state index in [2.05, 4.69) is 4.98 Å². The van der Waals surface area contributed by atoms with Gasteiger partial charge in [-0.05, 0) is 24.3 Å². The molecule has 0 radical (unpaired) electrons. The summed E-state index contributed by atoms with van der Waals surface area (Å²) in [5.74, 6) is -0.185. The Bertz CT molecular complexity index is 1210. The SMILES string of the molecule is COc1cc(/C=C(\C#N)C(=O)c2c[nH]c3cc(Cl)ccc23)c([N+](=O)[O-])cc1OC. The molecule has 0 spiro atoms. The Morgan fingerprint density at radius 1 is 1.24 bits per heavy atom. The van der Waals surface area contributed by atoms with Crippen molar-refractivity contribution in [2.45, 2.75) is 0 Å². The number of Topliss-reactive ketones (excluding diaryl/α,β-unsaturated/α-hetero) is 1. The van der Waals surface area contributed by atoms with E-state index in [1.165, 1.54) is 32.5 Å². The van der Waals surface area contributed by atoms with Crippen molar-refractivity contribution in [2.75, 3.05) is 14.2 Å². The maximum absolute atomic E-state index is 12.9. The Labute approximate surface area is 170 Å². The molecule has 2 aromatic carbocycles. The van der Waals surface area contributed by atoms with Crippen molar-refractivity contribution in [3.05, 3.63) is 68.4 Å². The van der Waals surface area contributed by atoms with Gasteiger partial charge < -0.3 is 14.5 Å². The second kappa shape index (κ2) is 8.04. The van der Waals surface area contributed by atoms with Crippen LogP contribution in [0.4, 0.5) is 5.69 Å². The summed E-state index contributed by atoms with van der Waals surface area (Å²) in [6.07, 6.45) is 2.63. The largest absolute Gasteiger partial charge is 0.493 e. The third-order valence-corrected chi connectivity index (χ3v) is 4.52. The molecule has 0 amide bonds. The van der Waals surface area contributed by atoms with E-state index < -0.39 is 10.7 Å². The van der Waals surface area contributed by atoms with Crippen molar-refractivity contribution in [2.24, 2.45) is 0 Å². The lowest BCUT2D eigenvalue weighted by Crippen LogP contribution is -2.02. The lowest BCUT2D eigenvalue weighted by Gasteiger charge is -2.09. The molecule has 146 valence electrons. The number of nitriles is 1. The number of nitro benzene ring substituents is 1. The topological polar surface area (TPSA) is 118 Å². The third kappa shape index (κ3) is 3.77. The highest BCUT2D eigenvalue weighted by Crippen LogP contribution is 2.36. The molecule has 0 saturated heterocycles. The van der Waals surface area contributed by atoms with E-state index >= 15 is 0 Å². The van der Waals surface area contributed by atoms with E-state index in [1.807, 2.05) is 6.07 Å². The fourth-order valence-electron chi connectivity index (χ4n) is 2.89. The number of aromatic nitrogens is 1. The highest BCUT2D eigenvalue weighted by molar-refractivity contribution is 6.31. The van der Waals surface area contributed by atoms with Crippen LogP contribution in [0.3, 0.4) is 0 Å². The van der Waals surface area contributed by atoms with Crippen LogP contribution < -0.4 is 9.47 Å². The molecule has 0 aliphatic heterocycles. The van der Waals surface area contributed by atoms with Crippen molar-refractivity contribution in [3.63, 3.8) is 0 Å². The molecule has 9 heteroatoms. The second-order valence-electron chi connectivity index (χ2n) is 5.91. The van der Waals surface area contributed by atoms with Gasteiger partial charge in [-0.15, -0.1) is 0 Å². The zero-order chi connectivity index (χ0) is 21.1. The smallest absolute Gasteiger partial charge is 0.280 e. The van der Waals surface area contributed by atoms with E-state index in [0.29, 0.717) is 15.9 Å². The Balaban J connectivity index is 2.13. The number of nitro groups is 1. The summed E-state index contributed by atoms with van der Waals surface area (Å²) in [6, 6.07) is 9.29. The summed E-state index contributed by atoms with van der Waals surface area (Å²) in [4.78, 5) is 26.7. The van der Waals surface area contributed by atoms with Crippen LogP contribution in [-0.2, 0) is 0 Å². The third-order valence-electron chi connectivity index (χ3n) is 4.28. The summed E-state index contributed by atoms with van der Waals surface area (Å²) < 4.78 is 10.2. The molecule has 0 saturated carbocycles. The second-order valence-corrected chi connectivity index (χ2v) is 6.35. The van der Waals surface area contributed by atoms with Crippen LogP contribution in [0.25, 0.3) is 17.0 Å². The number of rotatable bonds is 6. The van der Waals surface area contributed by atoms with Crippen molar-refractivity contribution < 1.29 is 19.2 Å². The minimum Gasteiger partial charge on any atom is -0.493 e. The molecule has 1 aromatic heterocycles. The average molecular weight is 412 g/mol. The molecule has 0 unspecified atom stereocenters. The monoisotopic (exact) mass is 411 g/mol. The maximum Gasteiger partial charge on any atom is 0.280 e. The first kappa shape index (κ1) is 19.9. The van der Waals surface area contributed by atoms with Crippen molar-refractivity contribution in [1.29, 1.82) is 5.26 Å². The van der Waals surface area contributed by atoms with Gasteiger partial charge in [0.1, 0.15) is 11.6 Å². The first-order valence-electron chi connectivity index (χ1n) is 8.23. The molecule has 0 aliphatic carbocycles. The normalized spacial score (nSPS) is 11.2. The van der Waals surface area contributed by atoms with Crippen molar-refractivity contribution in [1.82, 2.24) is 4.98 Å². The van der Waals surface area contributed by atoms with Crippen LogP contribution in [0.2, 0.25) is 5.02 Å². The summed E-state index contributed by atoms with van der Waals surface area (Å²) in [7, 11) is 2.73. The summed E-state index contributed by atoms with van der Waals surface area (Å²) in [6.45, 7) is 0. The Hall–Kier alpha value is -3.83. The molecule has 3 rings (SSSR count). The minimum atomic E-state index is -0.624. The average Bonchev–Trinajstić information content (AvgIpc) is 3.13. The summed E-state index contributed by atoms with van der Waals surface area (Å²) in [5, 5.41) is 22.1. The lowest BCUT2D eigenvalue weighted by atomic mass is 10.0. The molecule has 0 fully saturated rings. The van der Waals surface area contributed by atoms with Crippen LogP contribution in [-0.4, -0.2) is 29.9 Å². The number of benzene rings is 2. The molecule has 1 heterocycles. The number of fused-ring (bicyclic) bond motifs is 1. The number of methoxy groups -OCH3 is 2. The maximum atomic E-state index is 12.9. The van der Waals surface area contributed by atoms with Gasteiger partial charge in [0.15, 0.2) is 11.5 Å². The highest BCUT2D eigenvalue weighted by atomic mass is 35.5. The standard InChI is InChI=1S/C20H14ClN3O5/c1-28-18-6-11(17(24(26)27)8-19(18)29-2)5-12(9-22)20(25)15-10-23-16-7-13(21)3-4-14(15)16/h3-8,10,23H,1-2H3/b12-5+. The number of carbonyl (C=O) groups excluding carboxylic acids is 1. The molecule has 0 aliphatic rings. The molecule has 8 nitrogen and oxygen atoms in total. The lowest BCUT2D eigenvalue weighted by molar-refractivity contribution is -0.385. The number of H-pyrrole nitrogens is 1. The van der Waals surface area contributed by atoms with Gasteiger partial charge in [-0.25, -0.2) is 0 Å². The fourth-order valence-corrected chi connectivity index (χ4v) is 3.07. The van der Waals surface area contributed by atoms with Gasteiger partial charge in [0.25, 0.3) is 5.69 Å². The van der Waals surface area contributed by atoms with E-state index in [0.717, 1.165) is 6.08 Å². The predicted octanol–water partition coefficient (Wildman–Crippen LogP) is 4.54. The first-order chi connectivity index (χ1) is 13.9. The molecule has 0 bridgehead atoms. The van der Waals surface area contributed by atoms with E-state index in [4.69, 9.17) is 21.1 Å². The number of carbonyl (C=O) groups is 1. The van der Waals surface area contributed by atoms with Crippen LogP contribution in [0.15, 0.2) is 42.1 Å². The minimum absolute atomic E-state index is 0.0421.